The van der Waals surface area contributed by atoms with Gasteiger partial charge >= 0.3 is 0 Å². The lowest BCUT2D eigenvalue weighted by molar-refractivity contribution is 0.629. The van der Waals surface area contributed by atoms with Crippen LogP contribution in [0.15, 0.2) is 54.6 Å². The van der Waals surface area contributed by atoms with Crippen LogP contribution in [0.2, 0.25) is 5.02 Å². The van der Waals surface area contributed by atoms with E-state index in [4.69, 9.17) is 23.8 Å². The predicted octanol–water partition coefficient (Wildman–Crippen LogP) is 4.78. The Hall–Kier alpha value is -1.58. The molecule has 0 aliphatic carbocycles. The van der Waals surface area contributed by atoms with Crippen LogP contribution in [-0.4, -0.2) is 5.11 Å². The van der Waals surface area contributed by atoms with Crippen LogP contribution in [0.3, 0.4) is 0 Å². The first-order valence-corrected chi connectivity index (χ1v) is 7.35. The van der Waals surface area contributed by atoms with Gasteiger partial charge in [-0.15, -0.1) is 0 Å². The third-order valence-electron chi connectivity index (χ3n) is 3.00. The summed E-state index contributed by atoms with van der Waals surface area (Å²) in [6.45, 7) is 2.13. The number of nitrogens with one attached hydrogen (secondary N) is 2. The third-order valence-corrected chi connectivity index (χ3v) is 3.45. The Balaban J connectivity index is 2.00. The molecule has 20 heavy (non-hydrogen) atoms. The number of halogens is 1. The van der Waals surface area contributed by atoms with E-state index < -0.39 is 0 Å². The molecule has 0 saturated carbocycles. The molecule has 0 amide bonds. The zero-order valence-electron chi connectivity index (χ0n) is 11.3. The molecule has 0 radical (unpaired) electrons. The highest BCUT2D eigenvalue weighted by atomic mass is 35.5. The van der Waals surface area contributed by atoms with E-state index in [1.807, 2.05) is 42.5 Å². The lowest BCUT2D eigenvalue weighted by Crippen LogP contribution is -2.32. The van der Waals surface area contributed by atoms with Crippen LogP contribution in [0.25, 0.3) is 0 Å². The molecule has 104 valence electrons. The average molecular weight is 305 g/mol. The highest BCUT2D eigenvalue weighted by Crippen LogP contribution is 2.18. The minimum absolute atomic E-state index is 0.204. The van der Waals surface area contributed by atoms with Gasteiger partial charge in [0.05, 0.1) is 6.04 Å². The maximum Gasteiger partial charge on any atom is 0.171 e. The van der Waals surface area contributed by atoms with E-state index in [0.717, 1.165) is 12.1 Å². The van der Waals surface area contributed by atoms with Crippen LogP contribution in [0, 0.1) is 0 Å². The molecule has 0 aliphatic heterocycles. The number of benzene rings is 2. The molecule has 0 aliphatic rings. The molecule has 0 aromatic heterocycles. The molecule has 0 spiro atoms. The number of hydrogen-bond acceptors (Lipinski definition) is 1. The minimum Gasteiger partial charge on any atom is -0.356 e. The van der Waals surface area contributed by atoms with Crippen LogP contribution in [0.5, 0.6) is 0 Å². The van der Waals surface area contributed by atoms with Crippen molar-refractivity contribution >= 4 is 34.6 Å². The van der Waals surface area contributed by atoms with Crippen molar-refractivity contribution in [1.82, 2.24) is 5.32 Å². The Morgan fingerprint density at radius 1 is 1.15 bits per heavy atom. The predicted molar refractivity (Wildman–Crippen MR) is 90.3 cm³/mol. The zero-order valence-corrected chi connectivity index (χ0v) is 12.8. The van der Waals surface area contributed by atoms with Crippen molar-refractivity contribution in [3.63, 3.8) is 0 Å². The number of thiocarbonyl (C=S) groups is 1. The van der Waals surface area contributed by atoms with E-state index in [2.05, 4.69) is 29.7 Å². The summed E-state index contributed by atoms with van der Waals surface area (Å²) >= 11 is 11.3. The van der Waals surface area contributed by atoms with Crippen molar-refractivity contribution in [2.24, 2.45) is 0 Å². The molecule has 2 nitrogen and oxygen atoms in total. The van der Waals surface area contributed by atoms with E-state index >= 15 is 0 Å². The summed E-state index contributed by atoms with van der Waals surface area (Å²) in [5, 5.41) is 7.77. The van der Waals surface area contributed by atoms with Crippen molar-refractivity contribution < 1.29 is 0 Å². The number of hydrogen-bond donors (Lipinski definition) is 2. The monoisotopic (exact) mass is 304 g/mol. The highest BCUT2D eigenvalue weighted by Gasteiger charge is 2.10. The second-order valence-electron chi connectivity index (χ2n) is 4.48. The van der Waals surface area contributed by atoms with Crippen molar-refractivity contribution in [2.75, 3.05) is 5.32 Å². The van der Waals surface area contributed by atoms with Gasteiger partial charge in [-0.1, -0.05) is 54.9 Å². The van der Waals surface area contributed by atoms with Crippen LogP contribution in [-0.2, 0) is 0 Å². The van der Waals surface area contributed by atoms with E-state index in [-0.39, 0.29) is 6.04 Å². The number of rotatable bonds is 4. The van der Waals surface area contributed by atoms with E-state index in [1.165, 1.54) is 5.56 Å². The molecule has 2 N–H and O–H groups in total. The molecular weight excluding hydrogens is 288 g/mol. The van der Waals surface area contributed by atoms with Gasteiger partial charge in [-0.2, -0.15) is 0 Å². The van der Waals surface area contributed by atoms with Gasteiger partial charge in [-0.3, -0.25) is 0 Å². The van der Waals surface area contributed by atoms with E-state index in [0.29, 0.717) is 10.1 Å². The summed E-state index contributed by atoms with van der Waals surface area (Å²) in [4.78, 5) is 0. The van der Waals surface area contributed by atoms with E-state index in [9.17, 15) is 0 Å². The molecule has 0 saturated heterocycles. The van der Waals surface area contributed by atoms with Crippen LogP contribution < -0.4 is 10.6 Å². The summed E-state index contributed by atoms with van der Waals surface area (Å²) in [6, 6.07) is 18.0. The minimum atomic E-state index is 0.204. The molecule has 2 aromatic carbocycles. The molecule has 1 atom stereocenters. The van der Waals surface area contributed by atoms with Gasteiger partial charge in [0.15, 0.2) is 5.11 Å². The second-order valence-corrected chi connectivity index (χ2v) is 5.33. The Kier molecular flexibility index (Phi) is 5.39. The first-order chi connectivity index (χ1) is 9.69. The van der Waals surface area contributed by atoms with Gasteiger partial charge in [-0.25, -0.2) is 0 Å². The van der Waals surface area contributed by atoms with Crippen LogP contribution in [0.1, 0.15) is 24.9 Å². The number of anilines is 1. The fourth-order valence-corrected chi connectivity index (χ4v) is 2.45. The first kappa shape index (κ1) is 14.8. The van der Waals surface area contributed by atoms with Gasteiger partial charge < -0.3 is 10.6 Å². The Morgan fingerprint density at radius 3 is 2.55 bits per heavy atom. The second kappa shape index (κ2) is 7.27. The third kappa shape index (κ3) is 4.22. The highest BCUT2D eigenvalue weighted by molar-refractivity contribution is 7.80. The Morgan fingerprint density at radius 2 is 1.90 bits per heavy atom. The van der Waals surface area contributed by atoms with Gasteiger partial charge in [-0.05, 0) is 42.4 Å². The normalized spacial score (nSPS) is 11.7. The molecule has 2 aromatic rings. The van der Waals surface area contributed by atoms with Crippen molar-refractivity contribution in [3.05, 3.63) is 65.2 Å². The summed E-state index contributed by atoms with van der Waals surface area (Å²) in [7, 11) is 0. The Labute approximate surface area is 130 Å². The fraction of sp³-hybridized carbons (Fsp3) is 0.188. The zero-order chi connectivity index (χ0) is 14.4. The van der Waals surface area contributed by atoms with Crippen LogP contribution in [0.4, 0.5) is 5.69 Å². The van der Waals surface area contributed by atoms with Gasteiger partial charge in [0.2, 0.25) is 0 Å². The molecule has 0 fully saturated rings. The fourth-order valence-electron chi connectivity index (χ4n) is 2.00. The molecular formula is C16H17ClN2S. The average Bonchev–Trinajstić information content (AvgIpc) is 2.45. The van der Waals surface area contributed by atoms with E-state index in [1.54, 1.807) is 0 Å². The standard InChI is InChI=1S/C16H17ClN2S/c1-2-15(12-7-4-3-5-8-12)19-16(20)18-14-10-6-9-13(17)11-14/h3-11,15H,2H2,1H3,(H2,18,19,20)/t15-/m0/s1. The molecule has 0 bridgehead atoms. The largest absolute Gasteiger partial charge is 0.356 e. The van der Waals surface area contributed by atoms with Gasteiger partial charge in [0.1, 0.15) is 0 Å². The maximum absolute atomic E-state index is 5.95. The quantitative estimate of drug-likeness (QED) is 0.795. The molecule has 4 heteroatoms. The lowest BCUT2D eigenvalue weighted by Gasteiger charge is -2.20. The van der Waals surface area contributed by atoms with Gasteiger partial charge in [0.25, 0.3) is 0 Å². The maximum atomic E-state index is 5.95. The first-order valence-electron chi connectivity index (χ1n) is 6.57. The van der Waals surface area contributed by atoms with Crippen molar-refractivity contribution in [2.45, 2.75) is 19.4 Å². The summed E-state index contributed by atoms with van der Waals surface area (Å²) in [5.74, 6) is 0. The Bertz CT molecular complexity index is 572. The molecule has 2 rings (SSSR count). The summed E-state index contributed by atoms with van der Waals surface area (Å²) in [5.41, 5.74) is 2.11. The summed E-state index contributed by atoms with van der Waals surface area (Å²) < 4.78 is 0. The van der Waals surface area contributed by atoms with Crippen LogP contribution >= 0.6 is 23.8 Å². The van der Waals surface area contributed by atoms with Crippen molar-refractivity contribution in [3.8, 4) is 0 Å². The van der Waals surface area contributed by atoms with Crippen molar-refractivity contribution in [1.29, 1.82) is 0 Å². The summed E-state index contributed by atoms with van der Waals surface area (Å²) in [6.07, 6.45) is 0.960. The smallest absolute Gasteiger partial charge is 0.171 e. The van der Waals surface area contributed by atoms with Gasteiger partial charge in [0, 0.05) is 10.7 Å². The topological polar surface area (TPSA) is 24.1 Å². The lowest BCUT2D eigenvalue weighted by atomic mass is 10.1. The SMILES string of the molecule is CC[C@H](NC(=S)Nc1cccc(Cl)c1)c1ccccc1. The molecule has 0 unspecified atom stereocenters. The molecule has 0 heterocycles.